The quantitative estimate of drug-likeness (QED) is 0.882. The molecule has 0 aliphatic rings. The van der Waals surface area contributed by atoms with E-state index in [-0.39, 0.29) is 17.0 Å². The van der Waals surface area contributed by atoms with Crippen molar-refractivity contribution in [2.75, 3.05) is 6.54 Å². The number of rotatable bonds is 4. The number of hydrogen-bond donors (Lipinski definition) is 1. The van der Waals surface area contributed by atoms with E-state index in [0.29, 0.717) is 0 Å². The lowest BCUT2D eigenvalue weighted by Crippen LogP contribution is -2.23. The third-order valence-electron chi connectivity index (χ3n) is 2.98. The predicted molar refractivity (Wildman–Crippen MR) is 71.8 cm³/mol. The second-order valence-corrected chi connectivity index (χ2v) is 6.38. The van der Waals surface area contributed by atoms with Crippen LogP contribution in [0.25, 0.3) is 0 Å². The minimum absolute atomic E-state index is 0.0133. The summed E-state index contributed by atoms with van der Waals surface area (Å²) in [6, 6.07) is 9.95. The fourth-order valence-electron chi connectivity index (χ4n) is 1.95. The van der Waals surface area contributed by atoms with E-state index in [4.69, 9.17) is 5.73 Å². The summed E-state index contributed by atoms with van der Waals surface area (Å²) in [5.74, 6) is -1.17. The summed E-state index contributed by atoms with van der Waals surface area (Å²) in [7, 11) is -3.88. The van der Waals surface area contributed by atoms with Crippen molar-refractivity contribution in [3.63, 3.8) is 0 Å². The fraction of sp³-hybridized carbons (Fsp3) is 0.143. The third-order valence-corrected chi connectivity index (χ3v) is 5.11. The van der Waals surface area contributed by atoms with Crippen molar-refractivity contribution in [2.45, 2.75) is 10.1 Å². The maximum Gasteiger partial charge on any atom is 0.186 e. The molecule has 0 saturated carbocycles. The first-order valence-electron chi connectivity index (χ1n) is 5.91. The lowest BCUT2D eigenvalue weighted by atomic mass is 10.1. The average Bonchev–Trinajstić information content (AvgIpc) is 2.42. The molecule has 0 unspecified atom stereocenters. The van der Waals surface area contributed by atoms with Crippen molar-refractivity contribution < 1.29 is 17.2 Å². The van der Waals surface area contributed by atoms with Crippen molar-refractivity contribution in [1.29, 1.82) is 0 Å². The molecule has 2 rings (SSSR count). The highest BCUT2D eigenvalue weighted by atomic mass is 32.2. The summed E-state index contributed by atoms with van der Waals surface area (Å²) in [5.41, 5.74) is 5.52. The van der Waals surface area contributed by atoms with Gasteiger partial charge in [0.05, 0.1) is 4.90 Å². The van der Waals surface area contributed by atoms with Gasteiger partial charge in [0, 0.05) is 12.1 Å². The van der Waals surface area contributed by atoms with Gasteiger partial charge in [-0.15, -0.1) is 0 Å². The van der Waals surface area contributed by atoms with Crippen molar-refractivity contribution in [3.05, 3.63) is 65.7 Å². The topological polar surface area (TPSA) is 60.2 Å². The van der Waals surface area contributed by atoms with Crippen LogP contribution in [0.4, 0.5) is 8.78 Å². The summed E-state index contributed by atoms with van der Waals surface area (Å²) >= 11 is 0. The maximum absolute atomic E-state index is 13.8. The third kappa shape index (κ3) is 2.71. The molecule has 0 aromatic heterocycles. The molecule has 6 heteroatoms. The van der Waals surface area contributed by atoms with E-state index in [2.05, 4.69) is 0 Å². The molecule has 0 heterocycles. The molecule has 0 saturated heterocycles. The highest BCUT2D eigenvalue weighted by molar-refractivity contribution is 7.91. The van der Waals surface area contributed by atoms with Crippen molar-refractivity contribution >= 4 is 9.84 Å². The Morgan fingerprint density at radius 3 is 2.15 bits per heavy atom. The van der Waals surface area contributed by atoms with Crippen LogP contribution in [0.15, 0.2) is 53.4 Å². The van der Waals surface area contributed by atoms with Crippen LogP contribution < -0.4 is 5.73 Å². The highest BCUT2D eigenvalue weighted by Crippen LogP contribution is 2.29. The summed E-state index contributed by atoms with van der Waals surface area (Å²) in [6.45, 7) is -0.263. The summed E-state index contributed by atoms with van der Waals surface area (Å²) in [4.78, 5) is -0.0856. The van der Waals surface area contributed by atoms with E-state index in [0.717, 1.165) is 24.3 Å². The molecule has 0 spiro atoms. The Morgan fingerprint density at radius 1 is 1.00 bits per heavy atom. The Kier molecular flexibility index (Phi) is 4.15. The van der Waals surface area contributed by atoms with Gasteiger partial charge in [-0.1, -0.05) is 18.2 Å². The van der Waals surface area contributed by atoms with Crippen LogP contribution in [0, 0.1) is 11.6 Å². The van der Waals surface area contributed by atoms with Crippen LogP contribution in [0.3, 0.4) is 0 Å². The van der Waals surface area contributed by atoms with Gasteiger partial charge in [-0.2, -0.15) is 0 Å². The monoisotopic (exact) mass is 297 g/mol. The number of benzene rings is 2. The lowest BCUT2D eigenvalue weighted by Gasteiger charge is -2.17. The van der Waals surface area contributed by atoms with E-state index >= 15 is 0 Å². The molecule has 106 valence electrons. The number of halogens is 2. The van der Waals surface area contributed by atoms with Crippen LogP contribution in [0.5, 0.6) is 0 Å². The Labute approximate surface area is 116 Å². The summed E-state index contributed by atoms with van der Waals surface area (Å²) in [5, 5.41) is -1.20. The Morgan fingerprint density at radius 2 is 1.60 bits per heavy atom. The fourth-order valence-corrected chi connectivity index (χ4v) is 3.57. The smallest absolute Gasteiger partial charge is 0.186 e. The van der Waals surface area contributed by atoms with Gasteiger partial charge in [-0.3, -0.25) is 0 Å². The predicted octanol–water partition coefficient (Wildman–Crippen LogP) is 2.44. The Bertz CT molecular complexity index is 699. The van der Waals surface area contributed by atoms with Crippen LogP contribution in [-0.4, -0.2) is 15.0 Å². The highest BCUT2D eigenvalue weighted by Gasteiger charge is 2.29. The minimum Gasteiger partial charge on any atom is -0.329 e. The number of nitrogens with two attached hydrogens (primary N) is 1. The zero-order chi connectivity index (χ0) is 14.8. The zero-order valence-corrected chi connectivity index (χ0v) is 11.3. The van der Waals surface area contributed by atoms with Gasteiger partial charge in [-0.05, 0) is 30.3 Å². The Balaban J connectivity index is 2.51. The molecular weight excluding hydrogens is 284 g/mol. The van der Waals surface area contributed by atoms with Gasteiger partial charge in [-0.25, -0.2) is 17.2 Å². The average molecular weight is 297 g/mol. The second kappa shape index (κ2) is 5.68. The lowest BCUT2D eigenvalue weighted by molar-refractivity contribution is 0.568. The van der Waals surface area contributed by atoms with Gasteiger partial charge < -0.3 is 5.73 Å². The molecule has 3 nitrogen and oxygen atoms in total. The standard InChI is InChI=1S/C14H13F2NO2S/c15-10-5-7-11(8-6-10)20(18,19)14(9-17)12-3-1-2-4-13(12)16/h1-8,14H,9,17H2/t14-/m1/s1. The van der Waals surface area contributed by atoms with Crippen molar-refractivity contribution in [2.24, 2.45) is 5.73 Å². The first-order chi connectivity index (χ1) is 9.46. The maximum atomic E-state index is 13.8. The molecule has 0 amide bonds. The van der Waals surface area contributed by atoms with Gasteiger partial charge in [0.2, 0.25) is 0 Å². The second-order valence-electron chi connectivity index (χ2n) is 4.24. The molecule has 2 N–H and O–H groups in total. The molecule has 0 aliphatic carbocycles. The van der Waals surface area contributed by atoms with Gasteiger partial charge in [0.25, 0.3) is 0 Å². The molecule has 20 heavy (non-hydrogen) atoms. The van der Waals surface area contributed by atoms with Crippen LogP contribution in [0.1, 0.15) is 10.8 Å². The van der Waals surface area contributed by atoms with Crippen molar-refractivity contribution in [3.8, 4) is 0 Å². The first kappa shape index (κ1) is 14.6. The molecular formula is C14H13F2NO2S. The normalized spacial score (nSPS) is 13.2. The van der Waals surface area contributed by atoms with Crippen LogP contribution >= 0.6 is 0 Å². The molecule has 0 fully saturated rings. The van der Waals surface area contributed by atoms with E-state index in [1.165, 1.54) is 18.2 Å². The van der Waals surface area contributed by atoms with E-state index in [1.54, 1.807) is 6.07 Å². The molecule has 2 aromatic carbocycles. The van der Waals surface area contributed by atoms with Gasteiger partial charge >= 0.3 is 0 Å². The first-order valence-corrected chi connectivity index (χ1v) is 7.45. The van der Waals surface area contributed by atoms with E-state index in [1.807, 2.05) is 0 Å². The van der Waals surface area contributed by atoms with Crippen LogP contribution in [0.2, 0.25) is 0 Å². The van der Waals surface area contributed by atoms with E-state index < -0.39 is 26.7 Å². The molecule has 2 aromatic rings. The van der Waals surface area contributed by atoms with Crippen molar-refractivity contribution in [1.82, 2.24) is 0 Å². The number of hydrogen-bond acceptors (Lipinski definition) is 3. The Hall–Kier alpha value is -1.79. The summed E-state index contributed by atoms with van der Waals surface area (Å²) < 4.78 is 51.5. The van der Waals surface area contributed by atoms with E-state index in [9.17, 15) is 17.2 Å². The SMILES string of the molecule is NC[C@H](c1ccccc1F)S(=O)(=O)c1ccc(F)cc1. The molecule has 1 atom stereocenters. The van der Waals surface area contributed by atoms with Crippen LogP contribution in [-0.2, 0) is 9.84 Å². The van der Waals surface area contributed by atoms with Gasteiger partial charge in [0.15, 0.2) is 9.84 Å². The number of sulfone groups is 1. The molecule has 0 aliphatic heterocycles. The molecule has 0 bridgehead atoms. The molecule has 0 radical (unpaired) electrons. The van der Waals surface area contributed by atoms with Gasteiger partial charge in [0.1, 0.15) is 16.9 Å². The minimum atomic E-state index is -3.88. The zero-order valence-electron chi connectivity index (χ0n) is 10.5. The summed E-state index contributed by atoms with van der Waals surface area (Å²) in [6.07, 6.45) is 0. The largest absolute Gasteiger partial charge is 0.329 e.